The number of anilines is 1. The fourth-order valence-electron chi connectivity index (χ4n) is 3.11. The molecule has 4 rings (SSSR count). The number of piperazine rings is 1. The molecule has 1 saturated heterocycles. The van der Waals surface area contributed by atoms with E-state index in [0.29, 0.717) is 31.7 Å². The van der Waals surface area contributed by atoms with Crippen molar-refractivity contribution >= 4 is 43.7 Å². The van der Waals surface area contributed by atoms with E-state index >= 15 is 0 Å². The molecule has 1 aromatic carbocycles. The summed E-state index contributed by atoms with van der Waals surface area (Å²) in [5, 5.41) is 4.80. The number of hydrogen-bond donors (Lipinski definition) is 1. The van der Waals surface area contributed by atoms with E-state index in [-0.39, 0.29) is 17.3 Å². The number of rotatable bonds is 6. The quantitative estimate of drug-likeness (QED) is 0.627. The highest BCUT2D eigenvalue weighted by atomic mass is 32.2. The number of hydrogen-bond acceptors (Lipinski definition) is 7. The number of thiazole rings is 1. The van der Waals surface area contributed by atoms with E-state index in [4.69, 9.17) is 0 Å². The molecule has 0 atom stereocenters. The van der Waals surface area contributed by atoms with Gasteiger partial charge < -0.3 is 9.80 Å². The molecule has 0 radical (unpaired) electrons. The van der Waals surface area contributed by atoms with Crippen LogP contribution in [0.5, 0.6) is 0 Å². The Hall–Kier alpha value is -2.27. The summed E-state index contributed by atoms with van der Waals surface area (Å²) in [6.07, 6.45) is 1.77. The van der Waals surface area contributed by atoms with Crippen molar-refractivity contribution in [1.29, 1.82) is 0 Å². The Balaban J connectivity index is 1.42. The molecule has 1 fully saturated rings. The molecular formula is C19H20N4O3S3. The molecule has 7 nitrogen and oxygen atoms in total. The number of thiophene rings is 1. The minimum atomic E-state index is -3.69. The van der Waals surface area contributed by atoms with Crippen LogP contribution in [-0.4, -0.2) is 50.4 Å². The topological polar surface area (TPSA) is 82.6 Å². The summed E-state index contributed by atoms with van der Waals surface area (Å²) >= 11 is 3.07. The van der Waals surface area contributed by atoms with Gasteiger partial charge in [0.05, 0.1) is 4.90 Å². The van der Waals surface area contributed by atoms with Crippen molar-refractivity contribution in [3.8, 4) is 0 Å². The highest BCUT2D eigenvalue weighted by molar-refractivity contribution is 7.89. The van der Waals surface area contributed by atoms with Crippen molar-refractivity contribution in [3.05, 3.63) is 63.8 Å². The number of sulfonamides is 1. The Morgan fingerprint density at radius 3 is 2.59 bits per heavy atom. The number of carbonyl (C=O) groups is 1. The van der Waals surface area contributed by atoms with Crippen LogP contribution in [0.15, 0.2) is 58.3 Å². The molecule has 3 aromatic rings. The van der Waals surface area contributed by atoms with Gasteiger partial charge in [0.1, 0.15) is 0 Å². The average Bonchev–Trinajstić information content (AvgIpc) is 3.46. The Morgan fingerprint density at radius 1 is 1.07 bits per heavy atom. The summed E-state index contributed by atoms with van der Waals surface area (Å²) in [6, 6.07) is 9.98. The second-order valence-electron chi connectivity index (χ2n) is 6.53. The molecule has 0 unspecified atom stereocenters. The molecule has 3 heterocycles. The third kappa shape index (κ3) is 4.67. The molecule has 0 saturated carbocycles. The Morgan fingerprint density at radius 2 is 1.90 bits per heavy atom. The van der Waals surface area contributed by atoms with Crippen molar-refractivity contribution in [2.24, 2.45) is 0 Å². The molecule has 1 N–H and O–H groups in total. The number of benzene rings is 1. The molecule has 152 valence electrons. The van der Waals surface area contributed by atoms with Crippen LogP contribution < -0.4 is 9.62 Å². The normalized spacial score (nSPS) is 14.9. The zero-order valence-electron chi connectivity index (χ0n) is 15.5. The smallest absolute Gasteiger partial charge is 0.254 e. The molecule has 1 aliphatic rings. The van der Waals surface area contributed by atoms with Crippen LogP contribution in [0.3, 0.4) is 0 Å². The maximum Gasteiger partial charge on any atom is 0.254 e. The molecule has 29 heavy (non-hydrogen) atoms. The highest BCUT2D eigenvalue weighted by Crippen LogP contribution is 2.20. The SMILES string of the molecule is O=C(c1cccc(S(=O)(=O)NCc2cccs2)c1)N1CCN(c2nccs2)CC1. The van der Waals surface area contributed by atoms with Crippen LogP contribution in [0.25, 0.3) is 0 Å². The summed E-state index contributed by atoms with van der Waals surface area (Å²) in [6.45, 7) is 2.80. The molecule has 10 heteroatoms. The lowest BCUT2D eigenvalue weighted by molar-refractivity contribution is 0.0746. The molecule has 2 aromatic heterocycles. The maximum atomic E-state index is 12.9. The molecule has 0 bridgehead atoms. The van der Waals surface area contributed by atoms with Crippen LogP contribution >= 0.6 is 22.7 Å². The van der Waals surface area contributed by atoms with Gasteiger partial charge in [0.25, 0.3) is 5.91 Å². The zero-order chi connectivity index (χ0) is 20.3. The minimum absolute atomic E-state index is 0.0985. The number of aromatic nitrogens is 1. The molecule has 1 aliphatic heterocycles. The van der Waals surface area contributed by atoms with Gasteiger partial charge in [-0.3, -0.25) is 4.79 Å². The van der Waals surface area contributed by atoms with Gasteiger partial charge in [-0.05, 0) is 29.6 Å². The Bertz CT molecular complexity index is 1060. The average molecular weight is 449 g/mol. The molecule has 0 aliphatic carbocycles. The van der Waals surface area contributed by atoms with Gasteiger partial charge in [0.2, 0.25) is 10.0 Å². The second kappa shape index (κ2) is 8.62. The third-order valence-electron chi connectivity index (χ3n) is 4.66. The van der Waals surface area contributed by atoms with Crippen molar-refractivity contribution < 1.29 is 13.2 Å². The minimum Gasteiger partial charge on any atom is -0.345 e. The predicted octanol–water partition coefficient (Wildman–Crippen LogP) is 2.65. The third-order valence-corrected chi connectivity index (χ3v) is 7.77. The standard InChI is InChI=1S/C19H20N4O3S3/c24-18(22-7-9-23(10-8-22)19-20-6-12-28-19)15-3-1-5-17(13-15)29(25,26)21-14-16-4-2-11-27-16/h1-6,11-13,21H,7-10,14H2. The van der Waals surface area contributed by atoms with Gasteiger partial charge in [-0.1, -0.05) is 12.1 Å². The molecule has 1 amide bonds. The first kappa shape index (κ1) is 20.0. The number of nitrogens with one attached hydrogen (secondary N) is 1. The fraction of sp³-hybridized carbons (Fsp3) is 0.263. The van der Waals surface area contributed by atoms with E-state index in [9.17, 15) is 13.2 Å². The van der Waals surface area contributed by atoms with Gasteiger partial charge >= 0.3 is 0 Å². The highest BCUT2D eigenvalue weighted by Gasteiger charge is 2.24. The summed E-state index contributed by atoms with van der Waals surface area (Å²) in [5.74, 6) is -0.154. The van der Waals surface area contributed by atoms with E-state index in [1.807, 2.05) is 22.9 Å². The number of amides is 1. The first-order valence-electron chi connectivity index (χ1n) is 9.09. The lowest BCUT2D eigenvalue weighted by atomic mass is 10.2. The Kier molecular flexibility index (Phi) is 5.95. The Labute approximate surface area is 177 Å². The zero-order valence-corrected chi connectivity index (χ0v) is 18.0. The van der Waals surface area contributed by atoms with Crippen LogP contribution in [0.4, 0.5) is 5.13 Å². The van der Waals surface area contributed by atoms with Gasteiger partial charge in [-0.15, -0.1) is 22.7 Å². The summed E-state index contributed by atoms with van der Waals surface area (Å²) < 4.78 is 27.8. The summed E-state index contributed by atoms with van der Waals surface area (Å²) in [5.41, 5.74) is 0.381. The van der Waals surface area contributed by atoms with E-state index < -0.39 is 10.0 Å². The lowest BCUT2D eigenvalue weighted by Crippen LogP contribution is -2.48. The van der Waals surface area contributed by atoms with E-state index in [2.05, 4.69) is 14.6 Å². The van der Waals surface area contributed by atoms with Gasteiger partial charge in [-0.2, -0.15) is 0 Å². The molecular weight excluding hydrogens is 428 g/mol. The molecule has 0 spiro atoms. The van der Waals surface area contributed by atoms with Gasteiger partial charge in [-0.25, -0.2) is 18.1 Å². The van der Waals surface area contributed by atoms with Gasteiger partial charge in [0.15, 0.2) is 5.13 Å². The first-order valence-corrected chi connectivity index (χ1v) is 12.3. The second-order valence-corrected chi connectivity index (χ2v) is 10.2. The predicted molar refractivity (Wildman–Crippen MR) is 115 cm³/mol. The number of nitrogens with zero attached hydrogens (tertiary/aromatic N) is 3. The fourth-order valence-corrected chi connectivity index (χ4v) is 5.60. The van der Waals surface area contributed by atoms with Crippen LogP contribution in [0.2, 0.25) is 0 Å². The van der Waals surface area contributed by atoms with Crippen LogP contribution in [0, 0.1) is 0 Å². The maximum absolute atomic E-state index is 12.9. The largest absolute Gasteiger partial charge is 0.345 e. The van der Waals surface area contributed by atoms with E-state index in [1.165, 1.54) is 23.5 Å². The van der Waals surface area contributed by atoms with Crippen molar-refractivity contribution in [2.45, 2.75) is 11.4 Å². The number of carbonyl (C=O) groups excluding carboxylic acids is 1. The summed E-state index contributed by atoms with van der Waals surface area (Å²) in [7, 11) is -3.69. The monoisotopic (exact) mass is 448 g/mol. The van der Waals surface area contributed by atoms with Crippen molar-refractivity contribution in [3.63, 3.8) is 0 Å². The van der Waals surface area contributed by atoms with E-state index in [0.717, 1.165) is 10.0 Å². The van der Waals surface area contributed by atoms with Gasteiger partial charge in [0, 0.05) is 54.7 Å². The lowest BCUT2D eigenvalue weighted by Gasteiger charge is -2.34. The summed E-state index contributed by atoms with van der Waals surface area (Å²) in [4.78, 5) is 22.2. The van der Waals surface area contributed by atoms with Crippen molar-refractivity contribution in [2.75, 3.05) is 31.1 Å². The first-order chi connectivity index (χ1) is 14.0. The van der Waals surface area contributed by atoms with E-state index in [1.54, 1.807) is 34.6 Å². The van der Waals surface area contributed by atoms with Crippen LogP contribution in [-0.2, 0) is 16.6 Å². The van der Waals surface area contributed by atoms with Crippen LogP contribution in [0.1, 0.15) is 15.2 Å². The van der Waals surface area contributed by atoms with Crippen molar-refractivity contribution in [1.82, 2.24) is 14.6 Å².